The van der Waals surface area contributed by atoms with Crippen LogP contribution < -0.4 is 0 Å². The topological polar surface area (TPSA) is 93.9 Å². The number of rotatable bonds is 7. The largest absolute Gasteiger partial charge is 0.475 e. The summed E-state index contributed by atoms with van der Waals surface area (Å²) in [5.74, 6) is -0.571. The zero-order valence-corrected chi connectivity index (χ0v) is 19.3. The Morgan fingerprint density at radius 2 is 1.78 bits per heavy atom. The third-order valence-corrected chi connectivity index (χ3v) is 6.56. The van der Waals surface area contributed by atoms with Crippen molar-refractivity contribution < 1.29 is 35.3 Å². The SMILES string of the molecule is CC(c1ncnn1-c1ncccn1)N(CC1CC1)C(=O)c1cc(S(=O)C(F)(F)F)cc(C(F)(F)F)c1. The van der Waals surface area contributed by atoms with Crippen LogP contribution in [-0.2, 0) is 17.0 Å². The van der Waals surface area contributed by atoms with Gasteiger partial charge >= 0.3 is 11.7 Å². The Balaban J connectivity index is 1.76. The molecule has 4 rings (SSSR count). The van der Waals surface area contributed by atoms with E-state index in [1.807, 2.05) is 0 Å². The number of nitrogens with zero attached hydrogens (tertiary/aromatic N) is 6. The van der Waals surface area contributed by atoms with Gasteiger partial charge in [0.05, 0.1) is 11.6 Å². The third kappa shape index (κ3) is 5.55. The molecule has 3 aromatic rings. The maximum atomic E-state index is 13.5. The molecule has 192 valence electrons. The molecule has 2 atom stereocenters. The van der Waals surface area contributed by atoms with Crippen LogP contribution >= 0.6 is 0 Å². The third-order valence-electron chi connectivity index (χ3n) is 5.47. The lowest BCUT2D eigenvalue weighted by Crippen LogP contribution is -2.37. The molecule has 1 amide bonds. The van der Waals surface area contributed by atoms with Gasteiger partial charge in [-0.15, -0.1) is 0 Å². The Morgan fingerprint density at radius 1 is 1.11 bits per heavy atom. The van der Waals surface area contributed by atoms with Gasteiger partial charge in [0.1, 0.15) is 6.33 Å². The highest BCUT2D eigenvalue weighted by molar-refractivity contribution is 7.86. The van der Waals surface area contributed by atoms with Crippen molar-refractivity contribution in [3.8, 4) is 5.95 Å². The molecular formula is C21H18F6N6O2S. The molecule has 2 heterocycles. The normalized spacial score (nSPS) is 16.0. The monoisotopic (exact) mass is 532 g/mol. The Bertz CT molecular complexity index is 1280. The van der Waals surface area contributed by atoms with Crippen molar-refractivity contribution in [3.63, 3.8) is 0 Å². The van der Waals surface area contributed by atoms with Gasteiger partial charge in [-0.2, -0.15) is 36.1 Å². The van der Waals surface area contributed by atoms with Crippen LogP contribution in [0.2, 0.25) is 0 Å². The van der Waals surface area contributed by atoms with E-state index < -0.39 is 50.5 Å². The second kappa shape index (κ2) is 9.59. The van der Waals surface area contributed by atoms with E-state index in [2.05, 4.69) is 20.1 Å². The molecular weight excluding hydrogens is 514 g/mol. The summed E-state index contributed by atoms with van der Waals surface area (Å²) in [5.41, 5.74) is -7.50. The molecule has 36 heavy (non-hydrogen) atoms. The molecule has 1 aromatic carbocycles. The van der Waals surface area contributed by atoms with Gasteiger partial charge in [-0.25, -0.2) is 19.2 Å². The molecule has 1 fully saturated rings. The van der Waals surface area contributed by atoms with Crippen molar-refractivity contribution in [1.82, 2.24) is 29.6 Å². The Hall–Kier alpha value is -3.36. The van der Waals surface area contributed by atoms with Crippen LogP contribution in [0.4, 0.5) is 26.3 Å². The van der Waals surface area contributed by atoms with Gasteiger partial charge in [-0.1, -0.05) is 0 Å². The van der Waals surface area contributed by atoms with E-state index in [0.717, 1.165) is 12.8 Å². The van der Waals surface area contributed by atoms with Crippen molar-refractivity contribution in [3.05, 3.63) is 59.9 Å². The lowest BCUT2D eigenvalue weighted by Gasteiger charge is -2.29. The van der Waals surface area contributed by atoms with Crippen LogP contribution in [0.15, 0.2) is 47.9 Å². The summed E-state index contributed by atoms with van der Waals surface area (Å²) in [4.78, 5) is 25.8. The summed E-state index contributed by atoms with van der Waals surface area (Å²) in [7, 11) is -3.77. The molecule has 0 bridgehead atoms. The van der Waals surface area contributed by atoms with E-state index in [0.29, 0.717) is 12.1 Å². The summed E-state index contributed by atoms with van der Waals surface area (Å²) in [5, 5.41) is 4.06. The van der Waals surface area contributed by atoms with E-state index in [4.69, 9.17) is 0 Å². The van der Waals surface area contributed by atoms with Gasteiger partial charge in [0.25, 0.3) is 11.9 Å². The maximum Gasteiger partial charge on any atom is 0.475 e. The van der Waals surface area contributed by atoms with Crippen molar-refractivity contribution in [1.29, 1.82) is 0 Å². The first-order valence-electron chi connectivity index (χ1n) is 10.6. The number of halogens is 6. The van der Waals surface area contributed by atoms with Crippen molar-refractivity contribution in [2.45, 2.75) is 42.4 Å². The molecule has 1 aliphatic rings. The molecule has 0 saturated heterocycles. The van der Waals surface area contributed by atoms with Crippen LogP contribution in [-0.4, -0.2) is 51.8 Å². The highest BCUT2D eigenvalue weighted by Gasteiger charge is 2.41. The summed E-state index contributed by atoms with van der Waals surface area (Å²) >= 11 is 0. The molecule has 0 spiro atoms. The van der Waals surface area contributed by atoms with Crippen LogP contribution in [0.3, 0.4) is 0 Å². The van der Waals surface area contributed by atoms with Gasteiger partial charge in [0.15, 0.2) is 16.6 Å². The highest BCUT2D eigenvalue weighted by Crippen LogP contribution is 2.37. The quantitative estimate of drug-likeness (QED) is 0.421. The van der Waals surface area contributed by atoms with Crippen LogP contribution in [0.5, 0.6) is 0 Å². The fourth-order valence-corrected chi connectivity index (χ4v) is 4.25. The van der Waals surface area contributed by atoms with Crippen LogP contribution in [0, 0.1) is 5.92 Å². The number of aromatic nitrogens is 5. The number of carbonyl (C=O) groups is 1. The fourth-order valence-electron chi connectivity index (χ4n) is 3.52. The van der Waals surface area contributed by atoms with Gasteiger partial charge < -0.3 is 4.90 Å². The van der Waals surface area contributed by atoms with E-state index in [-0.39, 0.29) is 30.3 Å². The Morgan fingerprint density at radius 3 is 2.36 bits per heavy atom. The van der Waals surface area contributed by atoms with Crippen molar-refractivity contribution >= 4 is 16.7 Å². The summed E-state index contributed by atoms with van der Waals surface area (Å²) in [6.45, 7) is 1.68. The first-order chi connectivity index (χ1) is 16.9. The summed E-state index contributed by atoms with van der Waals surface area (Å²) in [6, 6.07) is 1.88. The minimum atomic E-state index is -5.31. The number of benzene rings is 1. The van der Waals surface area contributed by atoms with Gasteiger partial charge in [-0.05, 0) is 49.9 Å². The fraction of sp³-hybridized carbons (Fsp3) is 0.381. The average molecular weight is 532 g/mol. The summed E-state index contributed by atoms with van der Waals surface area (Å²) in [6.07, 6.45) is 0.580. The number of alkyl halides is 6. The Kier molecular flexibility index (Phi) is 6.86. The Labute approximate surface area is 202 Å². The van der Waals surface area contributed by atoms with Gasteiger partial charge in [-0.3, -0.25) is 4.79 Å². The number of carbonyl (C=O) groups excluding carboxylic acids is 1. The second-order valence-electron chi connectivity index (χ2n) is 8.11. The molecule has 15 heteroatoms. The van der Waals surface area contributed by atoms with Crippen molar-refractivity contribution in [2.24, 2.45) is 5.92 Å². The first kappa shape index (κ1) is 25.7. The van der Waals surface area contributed by atoms with E-state index in [9.17, 15) is 35.3 Å². The lowest BCUT2D eigenvalue weighted by atomic mass is 10.1. The average Bonchev–Trinajstić information content (AvgIpc) is 3.52. The lowest BCUT2D eigenvalue weighted by molar-refractivity contribution is -0.137. The smallest absolute Gasteiger partial charge is 0.328 e. The second-order valence-corrected chi connectivity index (χ2v) is 9.59. The van der Waals surface area contributed by atoms with E-state index in [1.165, 1.54) is 28.3 Å². The molecule has 2 aromatic heterocycles. The van der Waals surface area contributed by atoms with Crippen molar-refractivity contribution in [2.75, 3.05) is 6.54 Å². The molecule has 0 N–H and O–H groups in total. The standard InChI is InChI=1S/C21H18F6N6O2S/c1-12(17-30-11-31-33(17)19-28-5-2-6-29-19)32(10-13-3-4-13)18(34)14-7-15(20(22,23)24)9-16(8-14)36(35)21(25,26)27/h2,5-9,11-13H,3-4,10H2,1H3. The zero-order chi connectivity index (χ0) is 26.3. The van der Waals surface area contributed by atoms with Gasteiger partial charge in [0.2, 0.25) is 0 Å². The maximum absolute atomic E-state index is 13.5. The molecule has 0 radical (unpaired) electrons. The predicted octanol–water partition coefficient (Wildman–Crippen LogP) is 4.32. The zero-order valence-electron chi connectivity index (χ0n) is 18.5. The number of hydrogen-bond donors (Lipinski definition) is 0. The van der Waals surface area contributed by atoms with E-state index in [1.54, 1.807) is 13.0 Å². The highest BCUT2D eigenvalue weighted by atomic mass is 32.2. The number of hydrogen-bond acceptors (Lipinski definition) is 6. The van der Waals surface area contributed by atoms with Crippen LogP contribution in [0.1, 0.15) is 47.6 Å². The molecule has 0 aliphatic heterocycles. The predicted molar refractivity (Wildman–Crippen MR) is 113 cm³/mol. The van der Waals surface area contributed by atoms with E-state index >= 15 is 0 Å². The minimum Gasteiger partial charge on any atom is -0.328 e. The minimum absolute atomic E-state index is 0.0651. The van der Waals surface area contributed by atoms with Crippen LogP contribution in [0.25, 0.3) is 5.95 Å². The molecule has 1 aliphatic carbocycles. The molecule has 1 saturated carbocycles. The first-order valence-corrected chi connectivity index (χ1v) is 11.7. The summed E-state index contributed by atoms with van der Waals surface area (Å²) < 4.78 is 92.7. The van der Waals surface area contributed by atoms with Gasteiger partial charge in [0, 0.05) is 29.4 Å². The molecule has 2 unspecified atom stereocenters. The molecule has 8 nitrogen and oxygen atoms in total. The number of amides is 1.